The largest absolute Gasteiger partial charge is 0.443 e. The van der Waals surface area contributed by atoms with Gasteiger partial charge in [-0.1, -0.05) is 26.3 Å². The van der Waals surface area contributed by atoms with Crippen LogP contribution in [0.2, 0.25) is 0 Å². The Labute approximate surface area is 143 Å². The standard InChI is InChI=1S/C19H25NO4/c1-7-8-13-10-14(21)16-15(17(13)22)11(2)9-12(3)20(16)18(23)24-19(4,5)6/h9-11H,7-8H2,1-6H3. The summed E-state index contributed by atoms with van der Waals surface area (Å²) in [6.45, 7) is 10.9. The van der Waals surface area contributed by atoms with Gasteiger partial charge in [0.05, 0.1) is 0 Å². The number of carbonyl (C=O) groups is 3. The van der Waals surface area contributed by atoms with Gasteiger partial charge in [-0.25, -0.2) is 9.69 Å². The Morgan fingerprint density at radius 2 is 1.92 bits per heavy atom. The van der Waals surface area contributed by atoms with Crippen LogP contribution in [-0.2, 0) is 14.3 Å². The van der Waals surface area contributed by atoms with E-state index < -0.39 is 11.7 Å². The topological polar surface area (TPSA) is 63.7 Å². The van der Waals surface area contributed by atoms with Gasteiger partial charge >= 0.3 is 6.09 Å². The highest BCUT2D eigenvalue weighted by Gasteiger charge is 2.40. The molecule has 1 unspecified atom stereocenters. The summed E-state index contributed by atoms with van der Waals surface area (Å²) in [7, 11) is 0. The minimum absolute atomic E-state index is 0.140. The van der Waals surface area contributed by atoms with Crippen LogP contribution in [0, 0.1) is 5.92 Å². The number of ketones is 2. The fourth-order valence-corrected chi connectivity index (χ4v) is 3.05. The van der Waals surface area contributed by atoms with E-state index in [-0.39, 0.29) is 23.2 Å². The molecule has 5 nitrogen and oxygen atoms in total. The number of amides is 1. The van der Waals surface area contributed by atoms with Gasteiger partial charge in [-0.05, 0) is 40.2 Å². The van der Waals surface area contributed by atoms with E-state index in [2.05, 4.69) is 0 Å². The van der Waals surface area contributed by atoms with Crippen molar-refractivity contribution in [2.75, 3.05) is 0 Å². The van der Waals surface area contributed by atoms with Crippen LogP contribution >= 0.6 is 0 Å². The molecular weight excluding hydrogens is 306 g/mol. The first-order valence-corrected chi connectivity index (χ1v) is 8.32. The number of ether oxygens (including phenoxy) is 1. The first-order chi connectivity index (χ1) is 11.1. The van der Waals surface area contributed by atoms with Gasteiger partial charge in [-0.15, -0.1) is 0 Å². The highest BCUT2D eigenvalue weighted by molar-refractivity contribution is 6.24. The number of Topliss-reactive ketones (excluding diaryl/α,β-unsaturated/α-hetero) is 1. The van der Waals surface area contributed by atoms with E-state index in [9.17, 15) is 14.4 Å². The molecule has 1 aliphatic carbocycles. The van der Waals surface area contributed by atoms with Crippen molar-refractivity contribution in [1.29, 1.82) is 0 Å². The van der Waals surface area contributed by atoms with E-state index in [1.54, 1.807) is 27.7 Å². The van der Waals surface area contributed by atoms with Crippen LogP contribution in [0.5, 0.6) is 0 Å². The Morgan fingerprint density at radius 1 is 1.29 bits per heavy atom. The van der Waals surface area contributed by atoms with Crippen molar-refractivity contribution in [2.45, 2.75) is 60.0 Å². The van der Waals surface area contributed by atoms with Gasteiger partial charge in [0.2, 0.25) is 5.78 Å². The number of hydrogen-bond acceptors (Lipinski definition) is 4. The van der Waals surface area contributed by atoms with E-state index in [4.69, 9.17) is 4.74 Å². The van der Waals surface area contributed by atoms with Crippen molar-refractivity contribution >= 4 is 17.7 Å². The van der Waals surface area contributed by atoms with Gasteiger partial charge in [0.1, 0.15) is 11.3 Å². The van der Waals surface area contributed by atoms with Crippen molar-refractivity contribution < 1.29 is 19.1 Å². The average molecular weight is 331 g/mol. The molecule has 0 N–H and O–H groups in total. The van der Waals surface area contributed by atoms with Gasteiger partial charge in [-0.2, -0.15) is 0 Å². The highest BCUT2D eigenvalue weighted by atomic mass is 16.6. The zero-order chi connectivity index (χ0) is 18.2. The second-order valence-corrected chi connectivity index (χ2v) is 7.29. The summed E-state index contributed by atoms with van der Waals surface area (Å²) >= 11 is 0. The van der Waals surface area contributed by atoms with E-state index in [0.29, 0.717) is 23.3 Å². The summed E-state index contributed by atoms with van der Waals surface area (Å²) in [5.74, 6) is -0.662. The number of carbonyl (C=O) groups excluding carboxylic acids is 3. The van der Waals surface area contributed by atoms with Gasteiger partial charge < -0.3 is 4.74 Å². The molecule has 1 heterocycles. The van der Waals surface area contributed by atoms with E-state index in [1.165, 1.54) is 11.0 Å². The van der Waals surface area contributed by atoms with Crippen LogP contribution in [0.4, 0.5) is 4.79 Å². The molecule has 0 bridgehead atoms. The van der Waals surface area contributed by atoms with Crippen LogP contribution in [0.3, 0.4) is 0 Å². The molecule has 0 saturated heterocycles. The summed E-state index contributed by atoms with van der Waals surface area (Å²) in [5, 5.41) is 0. The zero-order valence-electron chi connectivity index (χ0n) is 15.2. The molecule has 130 valence electrons. The summed E-state index contributed by atoms with van der Waals surface area (Å²) < 4.78 is 5.42. The first-order valence-electron chi connectivity index (χ1n) is 8.32. The third-order valence-electron chi connectivity index (χ3n) is 3.95. The molecule has 1 amide bonds. The molecule has 0 radical (unpaired) electrons. The maximum atomic E-state index is 12.8. The molecule has 0 spiro atoms. The monoisotopic (exact) mass is 331 g/mol. The lowest BCUT2D eigenvalue weighted by Gasteiger charge is -2.35. The minimum atomic E-state index is -0.688. The Morgan fingerprint density at radius 3 is 2.46 bits per heavy atom. The Balaban J connectivity index is 2.49. The molecule has 5 heteroatoms. The quantitative estimate of drug-likeness (QED) is 0.720. The maximum absolute atomic E-state index is 12.8. The fourth-order valence-electron chi connectivity index (χ4n) is 3.05. The highest BCUT2D eigenvalue weighted by Crippen LogP contribution is 2.36. The van der Waals surface area contributed by atoms with Crippen molar-refractivity contribution in [3.05, 3.63) is 34.7 Å². The van der Waals surface area contributed by atoms with Gasteiger partial charge in [0.25, 0.3) is 0 Å². The Hall–Kier alpha value is -2.17. The molecule has 0 saturated carbocycles. The minimum Gasteiger partial charge on any atom is -0.443 e. The number of hydrogen-bond donors (Lipinski definition) is 0. The second-order valence-electron chi connectivity index (χ2n) is 7.29. The number of rotatable bonds is 2. The van der Waals surface area contributed by atoms with E-state index in [1.807, 2.05) is 19.9 Å². The Kier molecular flexibility index (Phi) is 4.83. The molecule has 0 aromatic carbocycles. The third kappa shape index (κ3) is 3.35. The van der Waals surface area contributed by atoms with Crippen LogP contribution in [0.25, 0.3) is 0 Å². The summed E-state index contributed by atoms with van der Waals surface area (Å²) in [5.41, 5.74) is 0.963. The van der Waals surface area contributed by atoms with Crippen LogP contribution < -0.4 is 0 Å². The molecule has 2 aliphatic rings. The molecule has 0 aromatic heterocycles. The molecular formula is C19H25NO4. The van der Waals surface area contributed by atoms with Gasteiger partial charge in [0, 0.05) is 22.8 Å². The van der Waals surface area contributed by atoms with Crippen LogP contribution in [0.1, 0.15) is 54.4 Å². The van der Waals surface area contributed by atoms with Crippen LogP contribution in [-0.4, -0.2) is 28.2 Å². The molecule has 24 heavy (non-hydrogen) atoms. The fraction of sp³-hybridized carbons (Fsp3) is 0.526. The molecule has 1 atom stereocenters. The molecule has 1 aliphatic heterocycles. The second kappa shape index (κ2) is 6.38. The van der Waals surface area contributed by atoms with Crippen LogP contribution in [0.15, 0.2) is 34.7 Å². The van der Waals surface area contributed by atoms with Crippen molar-refractivity contribution in [3.8, 4) is 0 Å². The summed E-state index contributed by atoms with van der Waals surface area (Å²) in [6.07, 6.45) is 3.90. The smallest absolute Gasteiger partial charge is 0.419 e. The summed E-state index contributed by atoms with van der Waals surface area (Å²) in [6, 6.07) is 0. The van der Waals surface area contributed by atoms with E-state index in [0.717, 1.165) is 6.42 Å². The lowest BCUT2D eigenvalue weighted by atomic mass is 9.81. The molecule has 0 aromatic rings. The normalized spacial score (nSPS) is 21.4. The maximum Gasteiger partial charge on any atom is 0.419 e. The molecule has 0 fully saturated rings. The van der Waals surface area contributed by atoms with E-state index >= 15 is 0 Å². The van der Waals surface area contributed by atoms with Crippen molar-refractivity contribution in [2.24, 2.45) is 5.92 Å². The predicted molar refractivity (Wildman–Crippen MR) is 91.0 cm³/mol. The SMILES string of the molecule is CCCC1=CC(=O)C2=C(C1=O)C(C)C=C(C)N2C(=O)OC(C)(C)C. The average Bonchev–Trinajstić information content (AvgIpc) is 2.41. The first kappa shape index (κ1) is 18.2. The lowest BCUT2D eigenvalue weighted by molar-refractivity contribution is -0.117. The van der Waals surface area contributed by atoms with Crippen molar-refractivity contribution in [1.82, 2.24) is 4.90 Å². The van der Waals surface area contributed by atoms with Gasteiger partial charge in [0.15, 0.2) is 5.78 Å². The lowest BCUT2D eigenvalue weighted by Crippen LogP contribution is -2.42. The number of allylic oxidation sites excluding steroid dienone is 5. The Bertz CT molecular complexity index is 689. The third-order valence-corrected chi connectivity index (χ3v) is 3.95. The summed E-state index contributed by atoms with van der Waals surface area (Å²) in [4.78, 5) is 39.3. The zero-order valence-corrected chi connectivity index (χ0v) is 15.2. The van der Waals surface area contributed by atoms with Gasteiger partial charge in [-0.3, -0.25) is 9.59 Å². The molecule has 2 rings (SSSR count). The number of nitrogens with zero attached hydrogens (tertiary/aromatic N) is 1. The predicted octanol–water partition coefficient (Wildman–Crippen LogP) is 3.91. The van der Waals surface area contributed by atoms with Crippen molar-refractivity contribution in [3.63, 3.8) is 0 Å².